The maximum absolute atomic E-state index is 5.81. The van der Waals surface area contributed by atoms with Crippen LogP contribution in [0, 0.1) is 0 Å². The minimum atomic E-state index is 0.245. The smallest absolute Gasteiger partial charge is 0.232 e. The van der Waals surface area contributed by atoms with E-state index in [9.17, 15) is 0 Å². The van der Waals surface area contributed by atoms with Crippen LogP contribution in [0.3, 0.4) is 0 Å². The number of nitrogens with one attached hydrogen (secondary N) is 1. The van der Waals surface area contributed by atoms with Crippen molar-refractivity contribution in [3.05, 3.63) is 0 Å². The summed E-state index contributed by atoms with van der Waals surface area (Å²) < 4.78 is 10.9. The molecule has 2 unspecified atom stereocenters. The minimum Gasteiger partial charge on any atom is -0.378 e. The zero-order chi connectivity index (χ0) is 14.7. The Balaban J connectivity index is 1.71. The molecule has 0 radical (unpaired) electrons. The van der Waals surface area contributed by atoms with Crippen LogP contribution in [-0.4, -0.2) is 60.0 Å². The molecule has 0 aliphatic carbocycles. The Labute approximate surface area is 124 Å². The molecule has 116 valence electrons. The molecule has 1 aromatic rings. The normalized spacial score (nSPS) is 26.6. The number of ether oxygens (including phenoxy) is 2. The first kappa shape index (κ1) is 14.3. The Morgan fingerprint density at radius 1 is 1.19 bits per heavy atom. The van der Waals surface area contributed by atoms with Crippen LogP contribution in [0.15, 0.2) is 0 Å². The Bertz CT molecular complexity index is 480. The summed E-state index contributed by atoms with van der Waals surface area (Å²) in [6, 6.07) is 0.313. The van der Waals surface area contributed by atoms with Gasteiger partial charge in [0.2, 0.25) is 17.8 Å². The molecule has 1 aromatic heterocycles. The molecule has 3 N–H and O–H groups in total. The van der Waals surface area contributed by atoms with Crippen LogP contribution in [-0.2, 0) is 9.47 Å². The molecule has 0 saturated carbocycles. The first-order valence-corrected chi connectivity index (χ1v) is 7.43. The first-order chi connectivity index (χ1) is 10.2. The van der Waals surface area contributed by atoms with E-state index >= 15 is 0 Å². The van der Waals surface area contributed by atoms with Gasteiger partial charge in [0.25, 0.3) is 0 Å². The van der Waals surface area contributed by atoms with Gasteiger partial charge in [0.15, 0.2) is 0 Å². The molecule has 8 heteroatoms. The average molecular weight is 294 g/mol. The van der Waals surface area contributed by atoms with Crippen molar-refractivity contribution in [3.63, 3.8) is 0 Å². The van der Waals surface area contributed by atoms with Gasteiger partial charge in [-0.15, -0.1) is 0 Å². The van der Waals surface area contributed by atoms with Crippen molar-refractivity contribution >= 4 is 17.8 Å². The number of hydrogen-bond donors (Lipinski definition) is 2. The van der Waals surface area contributed by atoms with Gasteiger partial charge in [-0.2, -0.15) is 15.0 Å². The summed E-state index contributed by atoms with van der Waals surface area (Å²) in [5, 5.41) is 3.35. The van der Waals surface area contributed by atoms with Gasteiger partial charge in [0, 0.05) is 25.7 Å². The second-order valence-electron chi connectivity index (χ2n) is 5.46. The van der Waals surface area contributed by atoms with E-state index in [2.05, 4.69) is 32.1 Å². The molecule has 0 spiro atoms. The van der Waals surface area contributed by atoms with Crippen LogP contribution in [0.5, 0.6) is 0 Å². The van der Waals surface area contributed by atoms with Crippen LogP contribution in [0.1, 0.15) is 19.8 Å². The van der Waals surface area contributed by atoms with Crippen LogP contribution in [0.2, 0.25) is 0 Å². The lowest BCUT2D eigenvalue weighted by Crippen LogP contribution is -2.38. The number of anilines is 3. The third-order valence-electron chi connectivity index (χ3n) is 3.75. The number of hydrogen-bond acceptors (Lipinski definition) is 8. The first-order valence-electron chi connectivity index (χ1n) is 7.43. The lowest BCUT2D eigenvalue weighted by atomic mass is 10.0. The van der Waals surface area contributed by atoms with Gasteiger partial charge in [-0.3, -0.25) is 0 Å². The molecule has 0 amide bonds. The van der Waals surface area contributed by atoms with Crippen molar-refractivity contribution in [3.8, 4) is 0 Å². The summed E-state index contributed by atoms with van der Waals surface area (Å²) in [6.45, 7) is 5.76. The maximum Gasteiger partial charge on any atom is 0.232 e. The van der Waals surface area contributed by atoms with E-state index in [4.69, 9.17) is 15.2 Å². The number of nitrogens with zero attached hydrogens (tertiary/aromatic N) is 4. The standard InChI is InChI=1S/C13H22N6O2/c1-9-8-10(2-5-21-9)15-12-16-11(14)17-13(18-12)19-3-6-20-7-4-19/h9-10H,2-8H2,1H3,(H3,14,15,16,17,18). The molecule has 21 heavy (non-hydrogen) atoms. The molecule has 2 aliphatic heterocycles. The van der Waals surface area contributed by atoms with Gasteiger partial charge in [0.1, 0.15) is 0 Å². The van der Waals surface area contributed by atoms with Crippen molar-refractivity contribution in [1.82, 2.24) is 15.0 Å². The van der Waals surface area contributed by atoms with E-state index in [1.54, 1.807) is 0 Å². The molecule has 0 aromatic carbocycles. The number of nitrogen functional groups attached to an aromatic ring is 1. The van der Waals surface area contributed by atoms with E-state index in [0.717, 1.165) is 32.5 Å². The van der Waals surface area contributed by atoms with Gasteiger partial charge in [-0.25, -0.2) is 0 Å². The summed E-state index contributed by atoms with van der Waals surface area (Å²) in [5.41, 5.74) is 5.81. The molecule has 0 bridgehead atoms. The van der Waals surface area contributed by atoms with E-state index < -0.39 is 0 Å². The Kier molecular flexibility index (Phi) is 4.35. The van der Waals surface area contributed by atoms with Gasteiger partial charge in [0.05, 0.1) is 19.3 Å². The number of rotatable bonds is 3. The fraction of sp³-hybridized carbons (Fsp3) is 0.769. The molecule has 2 atom stereocenters. The van der Waals surface area contributed by atoms with Gasteiger partial charge < -0.3 is 25.4 Å². The second kappa shape index (κ2) is 6.40. The quantitative estimate of drug-likeness (QED) is 0.819. The van der Waals surface area contributed by atoms with E-state index in [0.29, 0.717) is 31.2 Å². The predicted molar refractivity (Wildman–Crippen MR) is 79.3 cm³/mol. The maximum atomic E-state index is 5.81. The van der Waals surface area contributed by atoms with Crippen molar-refractivity contribution < 1.29 is 9.47 Å². The monoisotopic (exact) mass is 294 g/mol. The topological polar surface area (TPSA) is 98.4 Å². The highest BCUT2D eigenvalue weighted by Gasteiger charge is 2.21. The summed E-state index contributed by atoms with van der Waals surface area (Å²) in [4.78, 5) is 15.0. The van der Waals surface area contributed by atoms with Gasteiger partial charge in [-0.1, -0.05) is 0 Å². The average Bonchev–Trinajstić information content (AvgIpc) is 2.47. The lowest BCUT2D eigenvalue weighted by molar-refractivity contribution is 0.0231. The molecule has 3 heterocycles. The summed E-state index contributed by atoms with van der Waals surface area (Å²) in [6.07, 6.45) is 2.15. The molecule has 3 rings (SSSR count). The molecule has 2 aliphatic rings. The molecular weight excluding hydrogens is 272 g/mol. The highest BCUT2D eigenvalue weighted by Crippen LogP contribution is 2.19. The van der Waals surface area contributed by atoms with Gasteiger partial charge >= 0.3 is 0 Å². The zero-order valence-electron chi connectivity index (χ0n) is 12.3. The Hall–Kier alpha value is -1.67. The largest absolute Gasteiger partial charge is 0.378 e. The van der Waals surface area contributed by atoms with Crippen molar-refractivity contribution in [1.29, 1.82) is 0 Å². The van der Waals surface area contributed by atoms with Crippen molar-refractivity contribution in [2.24, 2.45) is 0 Å². The summed E-state index contributed by atoms with van der Waals surface area (Å²) in [5.74, 6) is 1.41. The van der Waals surface area contributed by atoms with Crippen LogP contribution >= 0.6 is 0 Å². The van der Waals surface area contributed by atoms with E-state index in [1.807, 2.05) is 0 Å². The third kappa shape index (κ3) is 3.70. The lowest BCUT2D eigenvalue weighted by Gasteiger charge is -2.29. The second-order valence-corrected chi connectivity index (χ2v) is 5.46. The van der Waals surface area contributed by atoms with E-state index in [-0.39, 0.29) is 12.1 Å². The van der Waals surface area contributed by atoms with Crippen LogP contribution < -0.4 is 16.0 Å². The van der Waals surface area contributed by atoms with Crippen molar-refractivity contribution in [2.45, 2.75) is 31.9 Å². The van der Waals surface area contributed by atoms with Crippen LogP contribution in [0.25, 0.3) is 0 Å². The SMILES string of the molecule is CC1CC(Nc2nc(N)nc(N3CCOCC3)n2)CCO1. The number of nitrogens with two attached hydrogens (primary N) is 1. The van der Waals surface area contributed by atoms with E-state index in [1.165, 1.54) is 0 Å². The highest BCUT2D eigenvalue weighted by molar-refractivity contribution is 5.42. The summed E-state index contributed by atoms with van der Waals surface area (Å²) in [7, 11) is 0. The van der Waals surface area contributed by atoms with Crippen LogP contribution in [0.4, 0.5) is 17.8 Å². The number of aromatic nitrogens is 3. The molecule has 2 saturated heterocycles. The minimum absolute atomic E-state index is 0.245. The summed E-state index contributed by atoms with van der Waals surface area (Å²) >= 11 is 0. The van der Waals surface area contributed by atoms with Gasteiger partial charge in [-0.05, 0) is 19.8 Å². The number of morpholine rings is 1. The fourth-order valence-corrected chi connectivity index (χ4v) is 2.66. The fourth-order valence-electron chi connectivity index (χ4n) is 2.66. The Morgan fingerprint density at radius 3 is 2.76 bits per heavy atom. The van der Waals surface area contributed by atoms with Crippen molar-refractivity contribution in [2.75, 3.05) is 48.9 Å². The predicted octanol–water partition coefficient (Wildman–Crippen LogP) is 0.270. The zero-order valence-corrected chi connectivity index (χ0v) is 12.3. The molecule has 8 nitrogen and oxygen atoms in total. The Morgan fingerprint density at radius 2 is 2.00 bits per heavy atom. The highest BCUT2D eigenvalue weighted by atomic mass is 16.5. The molecular formula is C13H22N6O2. The molecule has 2 fully saturated rings. The third-order valence-corrected chi connectivity index (χ3v) is 3.75.